The summed E-state index contributed by atoms with van der Waals surface area (Å²) in [7, 11) is 0. The molecule has 0 radical (unpaired) electrons. The Kier molecular flexibility index (Phi) is 49.1. The molecule has 0 saturated heterocycles. The molecule has 0 aromatic rings. The fraction of sp³-hybridized carbons (Fsp3) is 0.946. The van der Waals surface area contributed by atoms with Gasteiger partial charge in [0.05, 0.1) is 0 Å². The van der Waals surface area contributed by atoms with E-state index < -0.39 is 6.10 Å². The summed E-state index contributed by atoms with van der Waals surface area (Å²) in [5.41, 5.74) is 0. The fourth-order valence-electron chi connectivity index (χ4n) is 8.57. The number of unbranched alkanes of at least 4 members (excludes halogenated alkanes) is 38. The van der Waals surface area contributed by atoms with Gasteiger partial charge in [0.25, 0.3) is 0 Å². The zero-order valence-electron chi connectivity index (χ0n) is 42.3. The first-order chi connectivity index (χ1) is 30.4. The summed E-state index contributed by atoms with van der Waals surface area (Å²) in [6, 6.07) is 0. The molecule has 0 aliphatic heterocycles. The maximum atomic E-state index is 12.7. The molecule has 0 aromatic heterocycles. The zero-order valence-corrected chi connectivity index (χ0v) is 42.3. The van der Waals surface area contributed by atoms with Crippen molar-refractivity contribution < 1.29 is 28.6 Å². The Balaban J connectivity index is 4.16. The molecule has 62 heavy (non-hydrogen) atoms. The van der Waals surface area contributed by atoms with Crippen LogP contribution in [0.5, 0.6) is 0 Å². The molecule has 1 atom stereocenters. The number of carbonyl (C=O) groups excluding carboxylic acids is 3. The lowest BCUT2D eigenvalue weighted by Gasteiger charge is -2.18. The minimum absolute atomic E-state index is 0.0624. The predicted octanol–water partition coefficient (Wildman–Crippen LogP) is 18.2. The van der Waals surface area contributed by atoms with Gasteiger partial charge in [-0.1, -0.05) is 278 Å². The fourth-order valence-corrected chi connectivity index (χ4v) is 8.57. The maximum Gasteiger partial charge on any atom is 0.306 e. The van der Waals surface area contributed by atoms with Crippen molar-refractivity contribution in [3.8, 4) is 0 Å². The van der Waals surface area contributed by atoms with Crippen LogP contribution < -0.4 is 0 Å². The number of hydrogen-bond acceptors (Lipinski definition) is 6. The van der Waals surface area contributed by atoms with Gasteiger partial charge >= 0.3 is 17.9 Å². The van der Waals surface area contributed by atoms with Crippen LogP contribution in [0.1, 0.15) is 317 Å². The molecular weight excluding hydrogens is 769 g/mol. The SMILES string of the molecule is CCCCCCCCCCCCCCCCC(=O)OC[C@H](COC(=O)CCCCCCCCCCCCCCCCCCCCC(C)C)OC(=O)CCCCCCCCCCC. The van der Waals surface area contributed by atoms with Crippen molar-refractivity contribution in [3.63, 3.8) is 0 Å². The van der Waals surface area contributed by atoms with Crippen LogP contribution >= 0.6 is 0 Å². The van der Waals surface area contributed by atoms with E-state index in [1.165, 1.54) is 212 Å². The third-order valence-corrected chi connectivity index (χ3v) is 12.8. The quantitative estimate of drug-likeness (QED) is 0.0344. The summed E-state index contributed by atoms with van der Waals surface area (Å²) in [4.78, 5) is 37.9. The van der Waals surface area contributed by atoms with Crippen molar-refractivity contribution >= 4 is 17.9 Å². The molecule has 0 amide bonds. The largest absolute Gasteiger partial charge is 0.462 e. The zero-order chi connectivity index (χ0) is 45.2. The molecule has 0 aliphatic rings. The summed E-state index contributed by atoms with van der Waals surface area (Å²) in [5, 5.41) is 0. The van der Waals surface area contributed by atoms with Crippen LogP contribution in [0.2, 0.25) is 0 Å². The monoisotopic (exact) mass is 877 g/mol. The highest BCUT2D eigenvalue weighted by Crippen LogP contribution is 2.18. The lowest BCUT2D eigenvalue weighted by molar-refractivity contribution is -0.167. The van der Waals surface area contributed by atoms with Crippen molar-refractivity contribution in [2.24, 2.45) is 5.92 Å². The Labute approximate surface area is 387 Å². The van der Waals surface area contributed by atoms with Crippen molar-refractivity contribution in [2.75, 3.05) is 13.2 Å². The van der Waals surface area contributed by atoms with E-state index in [0.717, 1.165) is 63.7 Å². The second kappa shape index (κ2) is 50.4. The Morgan fingerprint density at radius 1 is 0.306 bits per heavy atom. The summed E-state index contributed by atoms with van der Waals surface area (Å²) < 4.78 is 16.8. The van der Waals surface area contributed by atoms with E-state index >= 15 is 0 Å². The number of carbonyl (C=O) groups is 3. The normalized spacial score (nSPS) is 12.0. The second-order valence-corrected chi connectivity index (χ2v) is 19.7. The summed E-state index contributed by atoms with van der Waals surface area (Å²) in [6.07, 6.45) is 53.9. The van der Waals surface area contributed by atoms with Crippen LogP contribution in [0.15, 0.2) is 0 Å². The van der Waals surface area contributed by atoms with Gasteiger partial charge in [0, 0.05) is 19.3 Å². The van der Waals surface area contributed by atoms with Crippen LogP contribution in [0.4, 0.5) is 0 Å². The smallest absolute Gasteiger partial charge is 0.306 e. The van der Waals surface area contributed by atoms with E-state index in [1.54, 1.807) is 0 Å². The van der Waals surface area contributed by atoms with Crippen molar-refractivity contribution in [1.82, 2.24) is 0 Å². The van der Waals surface area contributed by atoms with Gasteiger partial charge in [0.15, 0.2) is 6.10 Å². The van der Waals surface area contributed by atoms with Crippen LogP contribution in [-0.2, 0) is 28.6 Å². The van der Waals surface area contributed by atoms with E-state index in [1.807, 2.05) is 0 Å². The molecule has 0 unspecified atom stereocenters. The van der Waals surface area contributed by atoms with Crippen molar-refractivity contribution in [2.45, 2.75) is 323 Å². The van der Waals surface area contributed by atoms with Gasteiger partial charge in [-0.25, -0.2) is 0 Å². The molecule has 0 saturated carbocycles. The molecule has 0 rings (SSSR count). The third-order valence-electron chi connectivity index (χ3n) is 12.8. The Hall–Kier alpha value is -1.59. The first-order valence-corrected chi connectivity index (χ1v) is 27.9. The third kappa shape index (κ3) is 49.4. The predicted molar refractivity (Wildman–Crippen MR) is 266 cm³/mol. The molecule has 0 N–H and O–H groups in total. The summed E-state index contributed by atoms with van der Waals surface area (Å²) >= 11 is 0. The minimum Gasteiger partial charge on any atom is -0.462 e. The van der Waals surface area contributed by atoms with Gasteiger partial charge in [-0.15, -0.1) is 0 Å². The van der Waals surface area contributed by atoms with Crippen LogP contribution in [0, 0.1) is 5.92 Å². The van der Waals surface area contributed by atoms with E-state index in [0.29, 0.717) is 19.3 Å². The average molecular weight is 877 g/mol. The molecule has 368 valence electrons. The van der Waals surface area contributed by atoms with Crippen LogP contribution in [0.3, 0.4) is 0 Å². The molecule has 0 bridgehead atoms. The molecule has 0 fully saturated rings. The number of ether oxygens (including phenoxy) is 3. The van der Waals surface area contributed by atoms with Crippen LogP contribution in [-0.4, -0.2) is 37.2 Å². The summed E-state index contributed by atoms with van der Waals surface area (Å²) in [6.45, 7) is 9.04. The standard InChI is InChI=1S/C56H108O6/c1-5-7-9-11-13-15-16-17-25-28-32-35-39-43-47-54(57)60-50-53(62-56(59)49-45-41-37-30-14-12-10-8-6-2)51-61-55(58)48-44-40-36-33-29-26-23-21-19-18-20-22-24-27-31-34-38-42-46-52(3)4/h52-53H,5-51H2,1-4H3/t53-/m1/s1. The number of hydrogen-bond donors (Lipinski definition) is 0. The van der Waals surface area contributed by atoms with E-state index in [2.05, 4.69) is 27.7 Å². The molecular formula is C56H108O6. The molecule has 0 heterocycles. The second-order valence-electron chi connectivity index (χ2n) is 19.7. The maximum absolute atomic E-state index is 12.7. The van der Waals surface area contributed by atoms with Gasteiger partial charge in [0.1, 0.15) is 13.2 Å². The highest BCUT2D eigenvalue weighted by atomic mass is 16.6. The average Bonchev–Trinajstić information content (AvgIpc) is 3.26. The molecule has 0 aromatic carbocycles. The number of rotatable bonds is 51. The Morgan fingerprint density at radius 2 is 0.532 bits per heavy atom. The van der Waals surface area contributed by atoms with Gasteiger partial charge in [0.2, 0.25) is 0 Å². The van der Waals surface area contributed by atoms with E-state index in [-0.39, 0.29) is 31.1 Å². The first-order valence-electron chi connectivity index (χ1n) is 27.9. The lowest BCUT2D eigenvalue weighted by Crippen LogP contribution is -2.30. The van der Waals surface area contributed by atoms with E-state index in [9.17, 15) is 14.4 Å². The van der Waals surface area contributed by atoms with Gasteiger partial charge in [-0.2, -0.15) is 0 Å². The van der Waals surface area contributed by atoms with E-state index in [4.69, 9.17) is 14.2 Å². The van der Waals surface area contributed by atoms with Crippen molar-refractivity contribution in [1.29, 1.82) is 0 Å². The minimum atomic E-state index is -0.760. The summed E-state index contributed by atoms with van der Waals surface area (Å²) in [5.74, 6) is 0.0172. The molecule has 6 heteroatoms. The van der Waals surface area contributed by atoms with Crippen LogP contribution in [0.25, 0.3) is 0 Å². The number of esters is 3. The van der Waals surface area contributed by atoms with Crippen molar-refractivity contribution in [3.05, 3.63) is 0 Å². The Morgan fingerprint density at radius 3 is 0.790 bits per heavy atom. The highest BCUT2D eigenvalue weighted by molar-refractivity contribution is 5.71. The van der Waals surface area contributed by atoms with Gasteiger partial charge in [-0.3, -0.25) is 14.4 Å². The lowest BCUT2D eigenvalue weighted by atomic mass is 10.0. The topological polar surface area (TPSA) is 78.9 Å². The van der Waals surface area contributed by atoms with Gasteiger partial charge < -0.3 is 14.2 Å². The van der Waals surface area contributed by atoms with Gasteiger partial charge in [-0.05, 0) is 25.2 Å². The Bertz CT molecular complexity index is 933. The highest BCUT2D eigenvalue weighted by Gasteiger charge is 2.19. The molecule has 0 spiro atoms. The molecule has 0 aliphatic carbocycles. The molecule has 6 nitrogen and oxygen atoms in total. The first kappa shape index (κ1) is 60.4.